The molecule has 3 aromatic rings. The zero-order chi connectivity index (χ0) is 28.5. The Balaban J connectivity index is 1.41. The zero-order valence-electron chi connectivity index (χ0n) is 23.0. The van der Waals surface area contributed by atoms with Crippen LogP contribution in [0.25, 0.3) is 11.1 Å². The fraction of sp³-hybridized carbons (Fsp3) is 0.344. The van der Waals surface area contributed by atoms with Gasteiger partial charge in [0.15, 0.2) is 5.54 Å². The number of piperidine rings is 1. The van der Waals surface area contributed by atoms with Crippen LogP contribution in [0.4, 0.5) is 15.3 Å². The number of ether oxygens (including phenoxy) is 2. The molecule has 1 N–H and O–H groups in total. The summed E-state index contributed by atoms with van der Waals surface area (Å²) in [5, 5.41) is 10.5. The predicted octanol–water partition coefficient (Wildman–Crippen LogP) is 6.30. The molecule has 40 heavy (non-hydrogen) atoms. The molecule has 8 heteroatoms. The van der Waals surface area contributed by atoms with Crippen molar-refractivity contribution in [3.05, 3.63) is 90.0 Å². The molecule has 208 valence electrons. The Labute approximate surface area is 234 Å². The number of benzene rings is 3. The van der Waals surface area contributed by atoms with Gasteiger partial charge in [-0.15, -0.1) is 0 Å². The maximum absolute atomic E-state index is 13.9. The second kappa shape index (κ2) is 10.7. The number of para-hydroxylation sites is 1. The maximum atomic E-state index is 13.9. The van der Waals surface area contributed by atoms with Gasteiger partial charge in [0.2, 0.25) is 0 Å². The van der Waals surface area contributed by atoms with Gasteiger partial charge in [-0.25, -0.2) is 14.4 Å². The van der Waals surface area contributed by atoms with E-state index in [-0.39, 0.29) is 38.5 Å². The van der Waals surface area contributed by atoms with Crippen LogP contribution in [0.5, 0.6) is 0 Å². The van der Waals surface area contributed by atoms with Crippen molar-refractivity contribution in [2.75, 3.05) is 24.6 Å². The van der Waals surface area contributed by atoms with Crippen LogP contribution in [0.3, 0.4) is 0 Å². The summed E-state index contributed by atoms with van der Waals surface area (Å²) >= 11 is 0. The Bertz CT molecular complexity index is 1360. The summed E-state index contributed by atoms with van der Waals surface area (Å²) in [5.41, 5.74) is 2.51. The van der Waals surface area contributed by atoms with Gasteiger partial charge in [0.05, 0.1) is 0 Å². The van der Waals surface area contributed by atoms with Crippen LogP contribution in [0, 0.1) is 0 Å². The van der Waals surface area contributed by atoms with Crippen molar-refractivity contribution in [1.29, 1.82) is 0 Å². The first-order chi connectivity index (χ1) is 19.1. The second-order valence-electron chi connectivity index (χ2n) is 11.3. The molecular formula is C32H34N2O6. The fourth-order valence-corrected chi connectivity index (χ4v) is 5.68. The highest BCUT2D eigenvalue weighted by Crippen LogP contribution is 2.45. The summed E-state index contributed by atoms with van der Waals surface area (Å²) in [6.45, 7) is 5.67. The van der Waals surface area contributed by atoms with Gasteiger partial charge in [0.25, 0.3) is 0 Å². The molecule has 1 aliphatic heterocycles. The highest BCUT2D eigenvalue weighted by molar-refractivity contribution is 5.98. The van der Waals surface area contributed by atoms with Gasteiger partial charge in [-0.3, -0.25) is 4.90 Å². The molecule has 0 unspecified atom stereocenters. The second-order valence-corrected chi connectivity index (χ2v) is 11.3. The molecule has 1 aliphatic carbocycles. The molecule has 0 radical (unpaired) electrons. The first-order valence-electron chi connectivity index (χ1n) is 13.5. The molecule has 1 saturated heterocycles. The number of carboxylic acids is 1. The van der Waals surface area contributed by atoms with E-state index in [0.29, 0.717) is 5.69 Å². The third-order valence-corrected chi connectivity index (χ3v) is 7.60. The minimum atomic E-state index is -1.59. The number of aliphatic carboxylic acids is 1. The molecule has 0 bridgehead atoms. The SMILES string of the molecule is CC(C)(C)OC(=O)N1CCC(C(=O)O)(N(C(=O)OCC2c3ccccc3-c3ccccc32)c2ccccc2)CC1. The van der Waals surface area contributed by atoms with Crippen LogP contribution < -0.4 is 4.90 Å². The summed E-state index contributed by atoms with van der Waals surface area (Å²) in [6.07, 6.45) is -1.18. The average molecular weight is 543 g/mol. The van der Waals surface area contributed by atoms with E-state index in [2.05, 4.69) is 12.1 Å². The number of amides is 2. The topological polar surface area (TPSA) is 96.4 Å². The van der Waals surface area contributed by atoms with E-state index >= 15 is 0 Å². The predicted molar refractivity (Wildman–Crippen MR) is 151 cm³/mol. The highest BCUT2D eigenvalue weighted by atomic mass is 16.6. The lowest BCUT2D eigenvalue weighted by Gasteiger charge is -2.45. The fourth-order valence-electron chi connectivity index (χ4n) is 5.68. The van der Waals surface area contributed by atoms with Gasteiger partial charge < -0.3 is 19.5 Å². The van der Waals surface area contributed by atoms with E-state index in [0.717, 1.165) is 22.3 Å². The van der Waals surface area contributed by atoms with Crippen LogP contribution in [0.15, 0.2) is 78.9 Å². The Kier molecular flexibility index (Phi) is 7.27. The number of carboxylic acid groups (broad SMARTS) is 1. The zero-order valence-corrected chi connectivity index (χ0v) is 23.0. The molecule has 3 aromatic carbocycles. The van der Waals surface area contributed by atoms with Gasteiger partial charge in [0.1, 0.15) is 12.2 Å². The number of likely N-dealkylation sites (tertiary alicyclic amines) is 1. The van der Waals surface area contributed by atoms with Crippen molar-refractivity contribution in [3.63, 3.8) is 0 Å². The molecule has 0 aromatic heterocycles. The van der Waals surface area contributed by atoms with E-state index in [4.69, 9.17) is 9.47 Å². The lowest BCUT2D eigenvalue weighted by molar-refractivity contribution is -0.145. The molecule has 1 heterocycles. The number of hydrogen-bond acceptors (Lipinski definition) is 5. The number of anilines is 1. The minimum Gasteiger partial charge on any atom is -0.479 e. The molecule has 2 amide bonds. The Hall–Kier alpha value is -4.33. The van der Waals surface area contributed by atoms with Crippen molar-refractivity contribution in [3.8, 4) is 11.1 Å². The molecule has 0 saturated carbocycles. The summed E-state index contributed by atoms with van der Waals surface area (Å²) in [7, 11) is 0. The molecule has 2 aliphatic rings. The van der Waals surface area contributed by atoms with Crippen molar-refractivity contribution < 1.29 is 29.0 Å². The Morgan fingerprint density at radius 3 is 1.93 bits per heavy atom. The quantitative estimate of drug-likeness (QED) is 0.407. The third-order valence-electron chi connectivity index (χ3n) is 7.60. The number of carbonyl (C=O) groups excluding carboxylic acids is 2. The van der Waals surface area contributed by atoms with Gasteiger partial charge in [-0.05, 0) is 68.0 Å². The molecule has 5 rings (SSSR count). The third kappa shape index (κ3) is 5.13. The highest BCUT2D eigenvalue weighted by Gasteiger charge is 2.51. The summed E-state index contributed by atoms with van der Waals surface area (Å²) in [6, 6.07) is 24.8. The average Bonchev–Trinajstić information content (AvgIpc) is 3.25. The van der Waals surface area contributed by atoms with Gasteiger partial charge in [-0.2, -0.15) is 0 Å². The standard InChI is InChI=1S/C32H34N2O6/c1-31(2,3)40-29(37)33-19-17-32(18-20-33,28(35)36)34(22-11-5-4-6-12-22)30(38)39-21-27-25-15-9-7-13-23(25)24-14-8-10-16-26(24)27/h4-16,27H,17-21H2,1-3H3,(H,35,36). The van der Waals surface area contributed by atoms with Crippen LogP contribution in [0.2, 0.25) is 0 Å². The lowest BCUT2D eigenvalue weighted by Crippen LogP contribution is -2.63. The van der Waals surface area contributed by atoms with Gasteiger partial charge >= 0.3 is 18.2 Å². The molecule has 1 fully saturated rings. The van der Waals surface area contributed by atoms with Crippen LogP contribution in [-0.2, 0) is 14.3 Å². The first kappa shape index (κ1) is 27.2. The molecule has 0 spiro atoms. The van der Waals surface area contributed by atoms with E-state index in [9.17, 15) is 19.5 Å². The summed E-state index contributed by atoms with van der Waals surface area (Å²) in [5.74, 6) is -1.31. The molecule has 8 nitrogen and oxygen atoms in total. The van der Waals surface area contributed by atoms with Crippen LogP contribution >= 0.6 is 0 Å². The van der Waals surface area contributed by atoms with E-state index < -0.39 is 29.3 Å². The lowest BCUT2D eigenvalue weighted by atomic mass is 9.85. The summed E-state index contributed by atoms with van der Waals surface area (Å²) in [4.78, 5) is 42.2. The van der Waals surface area contributed by atoms with Crippen LogP contribution in [-0.4, -0.2) is 59.0 Å². The minimum absolute atomic E-state index is 0.0284. The molecular weight excluding hydrogens is 508 g/mol. The number of fused-ring (bicyclic) bond motifs is 3. The number of hydrogen-bond donors (Lipinski definition) is 1. The van der Waals surface area contributed by atoms with Gasteiger partial charge in [-0.1, -0.05) is 66.7 Å². The van der Waals surface area contributed by atoms with E-state index in [1.165, 1.54) is 9.80 Å². The number of carbonyl (C=O) groups is 3. The van der Waals surface area contributed by atoms with E-state index in [1.54, 1.807) is 51.1 Å². The largest absolute Gasteiger partial charge is 0.479 e. The normalized spacial score (nSPS) is 16.0. The molecule has 0 atom stereocenters. The Morgan fingerprint density at radius 2 is 1.40 bits per heavy atom. The van der Waals surface area contributed by atoms with E-state index in [1.807, 2.05) is 36.4 Å². The van der Waals surface area contributed by atoms with Crippen molar-refractivity contribution in [2.24, 2.45) is 0 Å². The monoisotopic (exact) mass is 542 g/mol. The van der Waals surface area contributed by atoms with Crippen molar-refractivity contribution in [1.82, 2.24) is 4.90 Å². The smallest absolute Gasteiger partial charge is 0.415 e. The maximum Gasteiger partial charge on any atom is 0.415 e. The van der Waals surface area contributed by atoms with Crippen molar-refractivity contribution in [2.45, 2.75) is 50.7 Å². The van der Waals surface area contributed by atoms with Gasteiger partial charge in [0, 0.05) is 24.7 Å². The Morgan fingerprint density at radius 1 is 0.875 bits per heavy atom. The first-order valence-corrected chi connectivity index (χ1v) is 13.5. The number of rotatable bonds is 5. The summed E-state index contributed by atoms with van der Waals surface area (Å²) < 4.78 is 11.4. The van der Waals surface area contributed by atoms with Crippen molar-refractivity contribution >= 4 is 23.8 Å². The van der Waals surface area contributed by atoms with Crippen LogP contribution in [0.1, 0.15) is 50.7 Å². The number of nitrogens with zero attached hydrogens (tertiary/aromatic N) is 2.